The van der Waals surface area contributed by atoms with Gasteiger partial charge in [-0.05, 0) is 24.3 Å². The third-order valence-corrected chi connectivity index (χ3v) is 6.16. The van der Waals surface area contributed by atoms with Crippen LogP contribution in [0.25, 0.3) is 0 Å². The fourth-order valence-corrected chi connectivity index (χ4v) is 4.52. The largest absolute Gasteiger partial charge is 0.491 e. The highest BCUT2D eigenvalue weighted by molar-refractivity contribution is 6.13. The van der Waals surface area contributed by atoms with Gasteiger partial charge in [0.2, 0.25) is 5.91 Å². The lowest BCUT2D eigenvalue weighted by Gasteiger charge is -2.40. The number of hydrogen-bond acceptors (Lipinski definition) is 6. The minimum absolute atomic E-state index is 0.0197. The van der Waals surface area contributed by atoms with Gasteiger partial charge in [0.25, 0.3) is 12.3 Å². The molecule has 2 atom stereocenters. The molecular formula is C24H24F3N5O5. The van der Waals surface area contributed by atoms with Crippen molar-refractivity contribution in [1.29, 1.82) is 0 Å². The summed E-state index contributed by atoms with van der Waals surface area (Å²) in [5.41, 5.74) is -0.549. The Balaban J connectivity index is 1.58. The van der Waals surface area contributed by atoms with Gasteiger partial charge in [0.05, 0.1) is 5.71 Å². The van der Waals surface area contributed by atoms with Crippen molar-refractivity contribution in [2.45, 2.75) is 25.3 Å². The molecular weight excluding hydrogens is 495 g/mol. The van der Waals surface area contributed by atoms with E-state index in [1.165, 1.54) is 29.3 Å². The molecule has 0 spiro atoms. The van der Waals surface area contributed by atoms with Gasteiger partial charge >= 0.3 is 6.09 Å². The number of carboxylic acid groups (broad SMARTS) is 1. The summed E-state index contributed by atoms with van der Waals surface area (Å²) in [6.07, 6.45) is -2.62. The number of piperidine rings is 1. The molecule has 2 unspecified atom stereocenters. The second-order valence-corrected chi connectivity index (χ2v) is 8.69. The van der Waals surface area contributed by atoms with E-state index in [1.807, 2.05) is 0 Å². The van der Waals surface area contributed by atoms with E-state index in [-0.39, 0.29) is 31.7 Å². The molecule has 4 rings (SSSR count). The number of aromatic nitrogens is 1. The van der Waals surface area contributed by atoms with Gasteiger partial charge in [-0.1, -0.05) is 12.1 Å². The molecule has 3 amide bonds. The molecule has 3 heterocycles. The number of amides is 3. The maximum absolute atomic E-state index is 13.5. The number of halogens is 3. The van der Waals surface area contributed by atoms with Gasteiger partial charge in [-0.2, -0.15) is 5.10 Å². The summed E-state index contributed by atoms with van der Waals surface area (Å²) in [5, 5.41) is 16.3. The molecule has 0 bridgehead atoms. The van der Waals surface area contributed by atoms with Crippen molar-refractivity contribution >= 4 is 23.6 Å². The smallest absolute Gasteiger partial charge is 0.405 e. The molecule has 13 heteroatoms. The van der Waals surface area contributed by atoms with Crippen LogP contribution >= 0.6 is 0 Å². The molecule has 1 fully saturated rings. The molecule has 196 valence electrons. The second-order valence-electron chi connectivity index (χ2n) is 8.69. The van der Waals surface area contributed by atoms with E-state index >= 15 is 0 Å². The van der Waals surface area contributed by atoms with Crippen LogP contribution < -0.4 is 10.1 Å². The summed E-state index contributed by atoms with van der Waals surface area (Å²) in [4.78, 5) is 43.7. The first kappa shape index (κ1) is 25.9. The number of rotatable bonds is 9. The summed E-state index contributed by atoms with van der Waals surface area (Å²) in [6, 6.07) is 8.85. The second kappa shape index (κ2) is 10.8. The Morgan fingerprint density at radius 3 is 2.70 bits per heavy atom. The van der Waals surface area contributed by atoms with Crippen molar-refractivity contribution < 1.29 is 37.4 Å². The molecule has 0 radical (unpaired) electrons. The van der Waals surface area contributed by atoms with E-state index in [4.69, 9.17) is 4.74 Å². The van der Waals surface area contributed by atoms with Crippen molar-refractivity contribution in [2.75, 3.05) is 26.2 Å². The molecule has 1 saturated heterocycles. The molecule has 10 nitrogen and oxygen atoms in total. The van der Waals surface area contributed by atoms with E-state index < -0.39 is 54.8 Å². The number of carbonyl (C=O) groups is 3. The standard InChI is InChI=1S/C24H24F3N5O5/c25-15-4-3-6-17(10-15)37-13-18(29-23(35)36)21(33)31-9-7-19-24(14-31,11-16-5-1-2-8-28-16)22(34)32(30-19)12-20(26)27/h1-6,8,10,18,20,29H,7,9,11-14H2,(H,35,36). The number of hydrogen-bond donors (Lipinski definition) is 2. The SMILES string of the molecule is O=C(O)NC(COc1cccc(F)c1)C(=O)N1CCC2=NN(CC(F)F)C(=O)C2(Cc2ccccn2)C1. The molecule has 2 aliphatic rings. The molecule has 1 aromatic carbocycles. The van der Waals surface area contributed by atoms with Crippen LogP contribution in [0.3, 0.4) is 0 Å². The van der Waals surface area contributed by atoms with E-state index in [2.05, 4.69) is 15.4 Å². The number of alkyl halides is 2. The van der Waals surface area contributed by atoms with Gasteiger partial charge in [-0.25, -0.2) is 23.0 Å². The maximum Gasteiger partial charge on any atom is 0.405 e. The molecule has 1 aromatic heterocycles. The summed E-state index contributed by atoms with van der Waals surface area (Å²) in [7, 11) is 0. The third-order valence-electron chi connectivity index (χ3n) is 6.16. The molecule has 0 aliphatic carbocycles. The number of likely N-dealkylation sites (tertiary alicyclic amines) is 1. The Hall–Kier alpha value is -4.16. The molecule has 37 heavy (non-hydrogen) atoms. The normalized spacial score (nSPS) is 19.9. The van der Waals surface area contributed by atoms with E-state index in [0.29, 0.717) is 11.4 Å². The molecule has 2 aromatic rings. The number of ether oxygens (including phenoxy) is 1. The van der Waals surface area contributed by atoms with Gasteiger partial charge in [-0.15, -0.1) is 0 Å². The summed E-state index contributed by atoms with van der Waals surface area (Å²) in [5.74, 6) is -1.83. The van der Waals surface area contributed by atoms with Crippen LogP contribution in [0.15, 0.2) is 53.8 Å². The minimum atomic E-state index is -2.80. The average molecular weight is 519 g/mol. The zero-order valence-electron chi connectivity index (χ0n) is 19.5. The fraction of sp³-hybridized carbons (Fsp3) is 0.375. The zero-order valence-corrected chi connectivity index (χ0v) is 19.5. The van der Waals surface area contributed by atoms with Crippen LogP contribution in [0.2, 0.25) is 0 Å². The Kier molecular flexibility index (Phi) is 7.60. The maximum atomic E-state index is 13.5. The summed E-state index contributed by atoms with van der Waals surface area (Å²) >= 11 is 0. The predicted molar refractivity (Wildman–Crippen MR) is 124 cm³/mol. The minimum Gasteiger partial charge on any atom is -0.491 e. The number of hydrazone groups is 1. The molecule has 2 N–H and O–H groups in total. The lowest BCUT2D eigenvalue weighted by Crippen LogP contribution is -2.60. The Labute approximate surface area is 209 Å². The van der Waals surface area contributed by atoms with Crippen molar-refractivity contribution in [3.63, 3.8) is 0 Å². The molecule has 2 aliphatic heterocycles. The first-order chi connectivity index (χ1) is 17.7. The quantitative estimate of drug-likeness (QED) is 0.523. The summed E-state index contributed by atoms with van der Waals surface area (Å²) < 4.78 is 45.2. The lowest BCUT2D eigenvalue weighted by atomic mass is 9.74. The average Bonchev–Trinajstić information content (AvgIpc) is 3.11. The number of benzene rings is 1. The Morgan fingerprint density at radius 2 is 2.03 bits per heavy atom. The van der Waals surface area contributed by atoms with Crippen molar-refractivity contribution in [3.05, 3.63) is 60.2 Å². The first-order valence-corrected chi connectivity index (χ1v) is 11.4. The highest BCUT2D eigenvalue weighted by Crippen LogP contribution is 2.38. The van der Waals surface area contributed by atoms with Crippen molar-refractivity contribution in [1.82, 2.24) is 20.2 Å². The number of pyridine rings is 1. The van der Waals surface area contributed by atoms with E-state index in [9.17, 15) is 32.7 Å². The highest BCUT2D eigenvalue weighted by Gasteiger charge is 2.55. The first-order valence-electron chi connectivity index (χ1n) is 11.4. The van der Waals surface area contributed by atoms with Crippen LogP contribution in [-0.2, 0) is 16.0 Å². The topological polar surface area (TPSA) is 124 Å². The van der Waals surface area contributed by atoms with Crippen LogP contribution in [0.1, 0.15) is 12.1 Å². The monoisotopic (exact) mass is 519 g/mol. The van der Waals surface area contributed by atoms with Gasteiger partial charge in [0.15, 0.2) is 0 Å². The van der Waals surface area contributed by atoms with Crippen molar-refractivity contribution in [3.8, 4) is 5.75 Å². The third kappa shape index (κ3) is 5.81. The fourth-order valence-electron chi connectivity index (χ4n) is 4.52. The Bertz CT molecular complexity index is 1200. The van der Waals surface area contributed by atoms with Crippen LogP contribution in [-0.4, -0.2) is 82.3 Å². The van der Waals surface area contributed by atoms with Crippen molar-refractivity contribution in [2.24, 2.45) is 10.5 Å². The number of fused-ring (bicyclic) bond motifs is 1. The number of nitrogens with zero attached hydrogens (tertiary/aromatic N) is 4. The highest BCUT2D eigenvalue weighted by atomic mass is 19.3. The van der Waals surface area contributed by atoms with Crippen LogP contribution in [0.4, 0.5) is 18.0 Å². The van der Waals surface area contributed by atoms with Crippen LogP contribution in [0, 0.1) is 11.2 Å². The Morgan fingerprint density at radius 1 is 1.22 bits per heavy atom. The van der Waals surface area contributed by atoms with Gasteiger partial charge < -0.3 is 20.1 Å². The molecule has 0 saturated carbocycles. The number of nitrogens with one attached hydrogen (secondary N) is 1. The lowest BCUT2D eigenvalue weighted by molar-refractivity contribution is -0.142. The van der Waals surface area contributed by atoms with E-state index in [0.717, 1.165) is 11.1 Å². The zero-order chi connectivity index (χ0) is 26.6. The van der Waals surface area contributed by atoms with E-state index in [1.54, 1.807) is 18.2 Å². The van der Waals surface area contributed by atoms with Crippen LogP contribution in [0.5, 0.6) is 5.75 Å². The predicted octanol–water partition coefficient (Wildman–Crippen LogP) is 2.16. The van der Waals surface area contributed by atoms with Gasteiger partial charge in [0.1, 0.15) is 36.2 Å². The van der Waals surface area contributed by atoms with Gasteiger partial charge in [0, 0.05) is 43.9 Å². The van der Waals surface area contributed by atoms with Gasteiger partial charge in [-0.3, -0.25) is 14.6 Å². The summed E-state index contributed by atoms with van der Waals surface area (Å²) in [6.45, 7) is -1.46. The number of carbonyl (C=O) groups excluding carboxylic acids is 2.